The average molecular weight is 347 g/mol. The molecule has 2 aliphatic rings. The minimum atomic E-state index is -0.683. The molecule has 1 unspecified atom stereocenters. The number of carbonyl (C=O) groups is 2. The first kappa shape index (κ1) is 15.4. The Bertz CT molecular complexity index is 833. The molecule has 0 aromatic carbocycles. The van der Waals surface area contributed by atoms with E-state index in [2.05, 4.69) is 4.98 Å². The second-order valence-electron chi connectivity index (χ2n) is 6.66. The van der Waals surface area contributed by atoms with E-state index in [1.165, 1.54) is 0 Å². The lowest BCUT2D eigenvalue weighted by atomic mass is 9.85. The highest BCUT2D eigenvalue weighted by Crippen LogP contribution is 2.38. The summed E-state index contributed by atoms with van der Waals surface area (Å²) in [4.78, 5) is 33.8. The number of imidazole rings is 1. The van der Waals surface area contributed by atoms with Gasteiger partial charge in [-0.1, -0.05) is 11.6 Å². The molecular formula is C17H19ClN4O2. The van der Waals surface area contributed by atoms with Gasteiger partial charge in [0.2, 0.25) is 5.91 Å². The summed E-state index contributed by atoms with van der Waals surface area (Å²) in [5.41, 5.74) is 0.347. The van der Waals surface area contributed by atoms with Crippen LogP contribution in [0.3, 0.4) is 0 Å². The summed E-state index contributed by atoms with van der Waals surface area (Å²) in [6.07, 6.45) is 6.66. The van der Waals surface area contributed by atoms with E-state index in [1.54, 1.807) is 38.7 Å². The van der Waals surface area contributed by atoms with Crippen LogP contribution in [0.4, 0.5) is 0 Å². The number of halogens is 1. The number of aromatic nitrogens is 2. The van der Waals surface area contributed by atoms with Crippen molar-refractivity contribution >= 4 is 29.1 Å². The number of amides is 2. The van der Waals surface area contributed by atoms with Crippen molar-refractivity contribution in [1.82, 2.24) is 19.2 Å². The summed E-state index contributed by atoms with van der Waals surface area (Å²) < 4.78 is 1.74. The maximum atomic E-state index is 13.1. The molecule has 2 aromatic rings. The van der Waals surface area contributed by atoms with Crippen LogP contribution in [-0.4, -0.2) is 56.7 Å². The third-order valence-corrected chi connectivity index (χ3v) is 5.42. The SMILES string of the molecule is CN1CCCC2(CCCN2C(=O)c2cn3cc(Cl)ccc3n2)C1=O. The third kappa shape index (κ3) is 2.20. The molecule has 2 aliphatic heterocycles. The zero-order valence-electron chi connectivity index (χ0n) is 13.5. The van der Waals surface area contributed by atoms with Crippen LogP contribution in [0.25, 0.3) is 5.65 Å². The molecule has 6 nitrogen and oxygen atoms in total. The van der Waals surface area contributed by atoms with Crippen LogP contribution in [0.5, 0.6) is 0 Å². The zero-order valence-corrected chi connectivity index (χ0v) is 14.3. The van der Waals surface area contributed by atoms with E-state index in [9.17, 15) is 9.59 Å². The van der Waals surface area contributed by atoms with Crippen LogP contribution >= 0.6 is 11.6 Å². The molecule has 2 saturated heterocycles. The zero-order chi connectivity index (χ0) is 16.9. The summed E-state index contributed by atoms with van der Waals surface area (Å²) in [5.74, 6) is -0.109. The van der Waals surface area contributed by atoms with Gasteiger partial charge in [0.25, 0.3) is 5.91 Å². The van der Waals surface area contributed by atoms with E-state index in [-0.39, 0.29) is 11.8 Å². The smallest absolute Gasteiger partial charge is 0.274 e. The number of piperidine rings is 1. The van der Waals surface area contributed by atoms with Crippen LogP contribution in [0, 0.1) is 0 Å². The molecule has 0 aliphatic carbocycles. The molecule has 0 bridgehead atoms. The largest absolute Gasteiger partial charge is 0.344 e. The fraction of sp³-hybridized carbons (Fsp3) is 0.471. The van der Waals surface area contributed by atoms with Gasteiger partial charge in [0, 0.05) is 32.5 Å². The van der Waals surface area contributed by atoms with Crippen molar-refractivity contribution in [3.05, 3.63) is 35.2 Å². The first-order valence-electron chi connectivity index (χ1n) is 8.23. The molecule has 126 valence electrons. The Morgan fingerprint density at radius 3 is 2.75 bits per heavy atom. The molecule has 4 heterocycles. The lowest BCUT2D eigenvalue weighted by Gasteiger charge is -2.43. The molecule has 2 amide bonds. The quantitative estimate of drug-likeness (QED) is 0.795. The van der Waals surface area contributed by atoms with Gasteiger partial charge in [-0.05, 0) is 37.8 Å². The van der Waals surface area contributed by atoms with Gasteiger partial charge in [-0.3, -0.25) is 9.59 Å². The minimum absolute atomic E-state index is 0.0615. The molecule has 0 radical (unpaired) electrons. The van der Waals surface area contributed by atoms with Gasteiger partial charge in [-0.2, -0.15) is 0 Å². The monoisotopic (exact) mass is 346 g/mol. The molecule has 0 saturated carbocycles. The van der Waals surface area contributed by atoms with E-state index in [0.717, 1.165) is 32.2 Å². The van der Waals surface area contributed by atoms with E-state index < -0.39 is 5.54 Å². The molecule has 2 fully saturated rings. The highest BCUT2D eigenvalue weighted by Gasteiger charge is 2.52. The van der Waals surface area contributed by atoms with Crippen LogP contribution in [0.1, 0.15) is 36.2 Å². The third-order valence-electron chi connectivity index (χ3n) is 5.20. The number of nitrogens with zero attached hydrogens (tertiary/aromatic N) is 4. The first-order chi connectivity index (χ1) is 11.5. The highest BCUT2D eigenvalue weighted by molar-refractivity contribution is 6.30. The Morgan fingerprint density at radius 2 is 1.96 bits per heavy atom. The fourth-order valence-electron chi connectivity index (χ4n) is 4.04. The number of hydrogen-bond donors (Lipinski definition) is 0. The number of hydrogen-bond acceptors (Lipinski definition) is 3. The van der Waals surface area contributed by atoms with E-state index in [0.29, 0.717) is 22.9 Å². The van der Waals surface area contributed by atoms with Gasteiger partial charge in [-0.15, -0.1) is 0 Å². The highest BCUT2D eigenvalue weighted by atomic mass is 35.5. The van der Waals surface area contributed by atoms with Crippen molar-refractivity contribution < 1.29 is 9.59 Å². The summed E-state index contributed by atoms with van der Waals surface area (Å²) in [6.45, 7) is 1.36. The maximum Gasteiger partial charge on any atom is 0.274 e. The minimum Gasteiger partial charge on any atom is -0.344 e. The fourth-order valence-corrected chi connectivity index (χ4v) is 4.20. The summed E-state index contributed by atoms with van der Waals surface area (Å²) in [6, 6.07) is 3.52. The predicted molar refractivity (Wildman–Crippen MR) is 90.1 cm³/mol. The standard InChI is InChI=1S/C17H19ClN4O2/c1-20-8-2-6-17(16(20)24)7-3-9-22(17)15(23)13-11-21-10-12(18)4-5-14(21)19-13/h4-5,10-11H,2-3,6-9H2,1H3. The number of fused-ring (bicyclic) bond motifs is 1. The number of likely N-dealkylation sites (N-methyl/N-ethyl adjacent to an activating group) is 1. The summed E-state index contributed by atoms with van der Waals surface area (Å²) in [5, 5.41) is 0.584. The molecule has 24 heavy (non-hydrogen) atoms. The molecule has 4 rings (SSSR count). The Balaban J connectivity index is 1.70. The van der Waals surface area contributed by atoms with Crippen LogP contribution in [-0.2, 0) is 4.79 Å². The second kappa shape index (κ2) is 5.48. The number of pyridine rings is 1. The van der Waals surface area contributed by atoms with Gasteiger partial charge in [0.1, 0.15) is 16.9 Å². The Kier molecular flexibility index (Phi) is 3.53. The molecule has 0 N–H and O–H groups in total. The Hall–Kier alpha value is -2.08. The lowest BCUT2D eigenvalue weighted by Crippen LogP contribution is -2.60. The maximum absolute atomic E-state index is 13.1. The van der Waals surface area contributed by atoms with Crippen molar-refractivity contribution in [2.75, 3.05) is 20.1 Å². The molecule has 2 aromatic heterocycles. The second-order valence-corrected chi connectivity index (χ2v) is 7.10. The first-order valence-corrected chi connectivity index (χ1v) is 8.61. The van der Waals surface area contributed by atoms with Gasteiger partial charge in [0.15, 0.2) is 0 Å². The van der Waals surface area contributed by atoms with Gasteiger partial charge in [-0.25, -0.2) is 4.98 Å². The molecule has 1 spiro atoms. The van der Waals surface area contributed by atoms with Crippen molar-refractivity contribution in [3.8, 4) is 0 Å². The average Bonchev–Trinajstić information content (AvgIpc) is 3.16. The van der Waals surface area contributed by atoms with Crippen molar-refractivity contribution in [2.45, 2.75) is 31.2 Å². The molecule has 7 heteroatoms. The van der Waals surface area contributed by atoms with Crippen molar-refractivity contribution in [3.63, 3.8) is 0 Å². The normalized spacial score (nSPS) is 24.3. The molecular weight excluding hydrogens is 328 g/mol. The Labute approximate surface area is 145 Å². The van der Waals surface area contributed by atoms with Crippen molar-refractivity contribution in [2.24, 2.45) is 0 Å². The number of carbonyl (C=O) groups excluding carboxylic acids is 2. The van der Waals surface area contributed by atoms with E-state index >= 15 is 0 Å². The number of rotatable bonds is 1. The van der Waals surface area contributed by atoms with Gasteiger partial charge >= 0.3 is 0 Å². The van der Waals surface area contributed by atoms with E-state index in [1.807, 2.05) is 7.05 Å². The topological polar surface area (TPSA) is 57.9 Å². The summed E-state index contributed by atoms with van der Waals surface area (Å²) >= 11 is 5.99. The Morgan fingerprint density at radius 1 is 1.21 bits per heavy atom. The van der Waals surface area contributed by atoms with Gasteiger partial charge < -0.3 is 14.2 Å². The van der Waals surface area contributed by atoms with Crippen LogP contribution in [0.15, 0.2) is 24.5 Å². The van der Waals surface area contributed by atoms with Crippen LogP contribution < -0.4 is 0 Å². The number of likely N-dealkylation sites (tertiary alicyclic amines) is 2. The van der Waals surface area contributed by atoms with Gasteiger partial charge in [0.05, 0.1) is 5.02 Å². The van der Waals surface area contributed by atoms with Crippen LogP contribution in [0.2, 0.25) is 5.02 Å². The summed E-state index contributed by atoms with van der Waals surface area (Å²) in [7, 11) is 1.82. The van der Waals surface area contributed by atoms with E-state index in [4.69, 9.17) is 11.6 Å². The molecule has 1 atom stereocenters. The lowest BCUT2D eigenvalue weighted by molar-refractivity contribution is -0.144. The van der Waals surface area contributed by atoms with Crippen molar-refractivity contribution in [1.29, 1.82) is 0 Å². The predicted octanol–water partition coefficient (Wildman–Crippen LogP) is 2.21.